The number of aliphatic carboxylic acids is 1. The molecule has 6 nitrogen and oxygen atoms in total. The Labute approximate surface area is 151 Å². The van der Waals surface area contributed by atoms with E-state index in [0.717, 1.165) is 10.5 Å². The summed E-state index contributed by atoms with van der Waals surface area (Å²) in [7, 11) is 1.34. The molecule has 0 saturated carbocycles. The Morgan fingerprint density at radius 2 is 2.04 bits per heavy atom. The van der Waals surface area contributed by atoms with E-state index < -0.39 is 24.0 Å². The number of carbonyl (C=O) groups is 2. The van der Waals surface area contributed by atoms with Crippen molar-refractivity contribution in [1.29, 1.82) is 0 Å². The molecule has 0 bridgehead atoms. The molecule has 26 heavy (non-hydrogen) atoms. The van der Waals surface area contributed by atoms with E-state index in [-0.39, 0.29) is 32.5 Å². The highest BCUT2D eigenvalue weighted by Crippen LogP contribution is 2.26. The first kappa shape index (κ1) is 20.1. The van der Waals surface area contributed by atoms with Crippen LogP contribution in [0.25, 0.3) is 0 Å². The number of likely N-dealkylation sites (N-methyl/N-ethyl adjacent to an activating group) is 1. The first-order chi connectivity index (χ1) is 12.3. The highest BCUT2D eigenvalue weighted by Gasteiger charge is 2.36. The van der Waals surface area contributed by atoms with Gasteiger partial charge < -0.3 is 9.84 Å². The third-order valence-corrected chi connectivity index (χ3v) is 4.44. The smallest absolute Gasteiger partial charge is 0.410 e. The van der Waals surface area contributed by atoms with Crippen molar-refractivity contribution >= 4 is 12.1 Å². The Bertz CT molecular complexity index is 612. The molecular weight excluding hydrogens is 346 g/mol. The van der Waals surface area contributed by atoms with Gasteiger partial charge >= 0.3 is 12.1 Å². The minimum absolute atomic E-state index is 0.0364. The number of carboxylic acid groups (broad SMARTS) is 1. The molecule has 1 amide bonds. The van der Waals surface area contributed by atoms with Gasteiger partial charge in [-0.2, -0.15) is 0 Å². The van der Waals surface area contributed by atoms with E-state index in [4.69, 9.17) is 4.74 Å². The standard InChI is InChI=1S/C18H24F2N2O4/c1-21(17(25)26-12-14-6-3-2-4-7-14)15(16(23)24)8-11-22-10-5-9-18(19,20)13-22/h2-4,6-7,15H,5,8-13H2,1H3,(H,23,24). The molecule has 0 aromatic heterocycles. The quantitative estimate of drug-likeness (QED) is 0.799. The topological polar surface area (TPSA) is 70.1 Å². The van der Waals surface area contributed by atoms with Crippen LogP contribution in [0.5, 0.6) is 0 Å². The summed E-state index contributed by atoms with van der Waals surface area (Å²) in [5.41, 5.74) is 0.789. The maximum Gasteiger partial charge on any atom is 0.410 e. The number of nitrogens with zero attached hydrogens (tertiary/aromatic N) is 2. The number of alkyl halides is 2. The lowest BCUT2D eigenvalue weighted by molar-refractivity contribution is -0.142. The molecule has 1 aliphatic rings. The molecule has 1 unspecified atom stereocenters. The molecule has 0 spiro atoms. The fourth-order valence-corrected chi connectivity index (χ4v) is 2.97. The summed E-state index contributed by atoms with van der Waals surface area (Å²) in [4.78, 5) is 26.2. The average Bonchev–Trinajstić information content (AvgIpc) is 2.59. The van der Waals surface area contributed by atoms with Crippen LogP contribution in [0, 0.1) is 0 Å². The second-order valence-electron chi connectivity index (χ2n) is 6.53. The molecule has 0 aliphatic carbocycles. The molecule has 8 heteroatoms. The van der Waals surface area contributed by atoms with Crippen LogP contribution in [0.3, 0.4) is 0 Å². The van der Waals surface area contributed by atoms with Gasteiger partial charge in [-0.25, -0.2) is 18.4 Å². The zero-order valence-corrected chi connectivity index (χ0v) is 14.7. The molecule has 1 aromatic rings. The summed E-state index contributed by atoms with van der Waals surface area (Å²) in [6, 6.07) is 7.90. The summed E-state index contributed by atoms with van der Waals surface area (Å²) in [6.07, 6.45) is -0.468. The van der Waals surface area contributed by atoms with E-state index in [1.165, 1.54) is 7.05 Å². The van der Waals surface area contributed by atoms with Gasteiger partial charge in [0.25, 0.3) is 5.92 Å². The SMILES string of the molecule is CN(C(=O)OCc1ccccc1)C(CCN1CCCC(F)(F)C1)C(=O)O. The average molecular weight is 370 g/mol. The first-order valence-electron chi connectivity index (χ1n) is 8.55. The monoisotopic (exact) mass is 370 g/mol. The molecule has 1 atom stereocenters. The number of benzene rings is 1. The van der Waals surface area contributed by atoms with Crippen LogP contribution in [0.15, 0.2) is 30.3 Å². The molecule has 1 N–H and O–H groups in total. The van der Waals surface area contributed by atoms with Crippen molar-refractivity contribution in [1.82, 2.24) is 9.80 Å². The van der Waals surface area contributed by atoms with Gasteiger partial charge in [-0.05, 0) is 24.9 Å². The largest absolute Gasteiger partial charge is 0.480 e. The third-order valence-electron chi connectivity index (χ3n) is 4.44. The Morgan fingerprint density at radius 3 is 2.65 bits per heavy atom. The fraction of sp³-hybridized carbons (Fsp3) is 0.556. The van der Waals surface area contributed by atoms with Crippen LogP contribution < -0.4 is 0 Å². The van der Waals surface area contributed by atoms with Crippen LogP contribution in [0.1, 0.15) is 24.8 Å². The number of hydrogen-bond acceptors (Lipinski definition) is 4. The Morgan fingerprint density at radius 1 is 1.35 bits per heavy atom. The molecular formula is C18H24F2N2O4. The molecule has 0 radical (unpaired) electrons. The van der Waals surface area contributed by atoms with E-state index in [2.05, 4.69) is 0 Å². The third kappa shape index (κ3) is 5.94. The molecule has 1 aromatic carbocycles. The molecule has 1 aliphatic heterocycles. The van der Waals surface area contributed by atoms with Crippen molar-refractivity contribution in [2.45, 2.75) is 37.8 Å². The van der Waals surface area contributed by atoms with Crippen LogP contribution in [0.2, 0.25) is 0 Å². The highest BCUT2D eigenvalue weighted by atomic mass is 19.3. The first-order valence-corrected chi connectivity index (χ1v) is 8.55. The van der Waals surface area contributed by atoms with Crippen molar-refractivity contribution in [3.05, 3.63) is 35.9 Å². The second-order valence-corrected chi connectivity index (χ2v) is 6.53. The van der Waals surface area contributed by atoms with Gasteiger partial charge in [-0.15, -0.1) is 0 Å². The summed E-state index contributed by atoms with van der Waals surface area (Å²) in [5, 5.41) is 9.39. The van der Waals surface area contributed by atoms with E-state index in [9.17, 15) is 23.5 Å². The molecule has 2 rings (SSSR count). The van der Waals surface area contributed by atoms with E-state index in [0.29, 0.717) is 13.0 Å². The van der Waals surface area contributed by atoms with E-state index in [1.54, 1.807) is 29.2 Å². The molecule has 1 fully saturated rings. The van der Waals surface area contributed by atoms with Crippen molar-refractivity contribution in [2.75, 3.05) is 26.7 Å². The molecule has 1 saturated heterocycles. The Balaban J connectivity index is 1.86. The lowest BCUT2D eigenvalue weighted by Crippen LogP contribution is -2.47. The summed E-state index contributed by atoms with van der Waals surface area (Å²) < 4.78 is 32.0. The van der Waals surface area contributed by atoms with Gasteiger partial charge in [0.05, 0.1) is 6.54 Å². The van der Waals surface area contributed by atoms with Gasteiger partial charge in [0.1, 0.15) is 12.6 Å². The van der Waals surface area contributed by atoms with Crippen molar-refractivity contribution in [2.24, 2.45) is 0 Å². The highest BCUT2D eigenvalue weighted by molar-refractivity contribution is 5.79. The summed E-state index contributed by atoms with van der Waals surface area (Å²) in [5.74, 6) is -3.93. The van der Waals surface area contributed by atoms with E-state index >= 15 is 0 Å². The van der Waals surface area contributed by atoms with Gasteiger partial charge in [0.15, 0.2) is 0 Å². The maximum absolute atomic E-state index is 13.4. The van der Waals surface area contributed by atoms with E-state index in [1.807, 2.05) is 6.07 Å². The lowest BCUT2D eigenvalue weighted by Gasteiger charge is -2.33. The number of carbonyl (C=O) groups excluding carboxylic acids is 1. The Hall–Kier alpha value is -2.22. The minimum atomic E-state index is -2.74. The number of ether oxygens (including phenoxy) is 1. The zero-order valence-electron chi connectivity index (χ0n) is 14.7. The lowest BCUT2D eigenvalue weighted by atomic mass is 10.1. The van der Waals surface area contributed by atoms with Crippen LogP contribution in [0.4, 0.5) is 13.6 Å². The van der Waals surface area contributed by atoms with Crippen LogP contribution >= 0.6 is 0 Å². The number of carboxylic acids is 1. The predicted octanol–water partition coefficient (Wildman–Crippen LogP) is 2.83. The molecule has 1 heterocycles. The summed E-state index contributed by atoms with van der Waals surface area (Å²) in [6.45, 7) is 0.350. The van der Waals surface area contributed by atoms with Gasteiger partial charge in [-0.3, -0.25) is 9.80 Å². The second kappa shape index (κ2) is 8.93. The number of piperidine rings is 1. The number of hydrogen-bond donors (Lipinski definition) is 1. The number of amides is 1. The maximum atomic E-state index is 13.4. The fourth-order valence-electron chi connectivity index (χ4n) is 2.97. The van der Waals surface area contributed by atoms with Crippen molar-refractivity contribution in [3.63, 3.8) is 0 Å². The normalized spacial score (nSPS) is 18.1. The van der Waals surface area contributed by atoms with Crippen molar-refractivity contribution in [3.8, 4) is 0 Å². The summed E-state index contributed by atoms with van der Waals surface area (Å²) >= 11 is 0. The number of halogens is 2. The zero-order chi connectivity index (χ0) is 19.2. The Kier molecular flexibility index (Phi) is 6.90. The van der Waals surface area contributed by atoms with Gasteiger partial charge in [0.2, 0.25) is 0 Å². The van der Waals surface area contributed by atoms with Gasteiger partial charge in [-0.1, -0.05) is 30.3 Å². The predicted molar refractivity (Wildman–Crippen MR) is 91.1 cm³/mol. The number of likely N-dealkylation sites (tertiary alicyclic amines) is 1. The van der Waals surface area contributed by atoms with Crippen LogP contribution in [-0.4, -0.2) is 65.6 Å². The van der Waals surface area contributed by atoms with Crippen molar-refractivity contribution < 1.29 is 28.2 Å². The van der Waals surface area contributed by atoms with Crippen LogP contribution in [-0.2, 0) is 16.1 Å². The minimum Gasteiger partial charge on any atom is -0.480 e. The van der Waals surface area contributed by atoms with Gasteiger partial charge in [0, 0.05) is 20.0 Å². The number of rotatable bonds is 7. The molecule has 144 valence electrons.